The Balaban J connectivity index is 1.47. The highest BCUT2D eigenvalue weighted by Crippen LogP contribution is 2.29. The number of ether oxygens (including phenoxy) is 2. The molecule has 4 rings (SSSR count). The van der Waals surface area contributed by atoms with E-state index in [1.165, 1.54) is 0 Å². The number of fused-ring (bicyclic) bond motifs is 2. The fraction of sp³-hybridized carbons (Fsp3) is 0.333. The van der Waals surface area contributed by atoms with Crippen molar-refractivity contribution in [1.29, 1.82) is 0 Å². The van der Waals surface area contributed by atoms with Gasteiger partial charge in [0.1, 0.15) is 0 Å². The van der Waals surface area contributed by atoms with Gasteiger partial charge in [0.25, 0.3) is 5.91 Å². The van der Waals surface area contributed by atoms with Gasteiger partial charge in [0.05, 0.1) is 23.3 Å². The molecule has 1 N–H and O–H groups in total. The van der Waals surface area contributed by atoms with Gasteiger partial charge in [-0.15, -0.1) is 0 Å². The van der Waals surface area contributed by atoms with E-state index in [1.807, 2.05) is 24.3 Å². The van der Waals surface area contributed by atoms with Gasteiger partial charge in [-0.2, -0.15) is 0 Å². The summed E-state index contributed by atoms with van der Waals surface area (Å²) in [4.78, 5) is 44.6. The largest absolute Gasteiger partial charge is 0.462 e. The molecule has 2 aromatic carbocycles. The van der Waals surface area contributed by atoms with Crippen LogP contribution in [0.4, 0.5) is 5.69 Å². The first-order valence-corrected chi connectivity index (χ1v) is 11.9. The SMILES string of the molecule is CCCN1CCc2nc3ccccc3c(C(=O)OCC(=O)Nc3ccc(C(=O)OCC)cc3)c2C1. The van der Waals surface area contributed by atoms with Crippen LogP contribution in [-0.4, -0.2) is 54.0 Å². The average Bonchev–Trinajstić information content (AvgIpc) is 2.86. The number of benzene rings is 2. The molecule has 1 aliphatic rings. The van der Waals surface area contributed by atoms with Crippen molar-refractivity contribution >= 4 is 34.4 Å². The molecule has 35 heavy (non-hydrogen) atoms. The van der Waals surface area contributed by atoms with E-state index in [4.69, 9.17) is 14.5 Å². The van der Waals surface area contributed by atoms with Crippen molar-refractivity contribution in [2.75, 3.05) is 31.6 Å². The lowest BCUT2D eigenvalue weighted by molar-refractivity contribution is -0.119. The fourth-order valence-electron chi connectivity index (χ4n) is 4.29. The highest BCUT2D eigenvalue weighted by atomic mass is 16.5. The summed E-state index contributed by atoms with van der Waals surface area (Å²) >= 11 is 0. The summed E-state index contributed by atoms with van der Waals surface area (Å²) in [5, 5.41) is 3.41. The van der Waals surface area contributed by atoms with E-state index >= 15 is 0 Å². The number of para-hydroxylation sites is 1. The molecule has 0 saturated carbocycles. The summed E-state index contributed by atoms with van der Waals surface area (Å²) in [6.45, 7) is 6.20. The van der Waals surface area contributed by atoms with Gasteiger partial charge in [0.15, 0.2) is 6.61 Å². The molecule has 0 bridgehead atoms. The molecule has 1 amide bonds. The maximum Gasteiger partial charge on any atom is 0.339 e. The molecule has 0 atom stereocenters. The lowest BCUT2D eigenvalue weighted by Gasteiger charge is -2.29. The maximum atomic E-state index is 13.2. The van der Waals surface area contributed by atoms with Gasteiger partial charge in [-0.3, -0.25) is 14.7 Å². The van der Waals surface area contributed by atoms with E-state index in [2.05, 4.69) is 17.1 Å². The minimum atomic E-state index is -0.536. The first kappa shape index (κ1) is 24.3. The molecule has 1 aromatic heterocycles. The van der Waals surface area contributed by atoms with Crippen LogP contribution in [0.5, 0.6) is 0 Å². The van der Waals surface area contributed by atoms with E-state index in [0.717, 1.165) is 48.1 Å². The van der Waals surface area contributed by atoms with E-state index in [-0.39, 0.29) is 6.61 Å². The summed E-state index contributed by atoms with van der Waals surface area (Å²) in [6.07, 6.45) is 1.79. The predicted molar refractivity (Wildman–Crippen MR) is 132 cm³/mol. The maximum absolute atomic E-state index is 13.2. The number of hydrogen-bond acceptors (Lipinski definition) is 7. The van der Waals surface area contributed by atoms with Gasteiger partial charge in [0, 0.05) is 41.8 Å². The molecular formula is C27H29N3O5. The Hall–Kier alpha value is -3.78. The third-order valence-corrected chi connectivity index (χ3v) is 5.88. The van der Waals surface area contributed by atoms with Gasteiger partial charge in [0.2, 0.25) is 0 Å². The van der Waals surface area contributed by atoms with Gasteiger partial charge in [-0.25, -0.2) is 9.59 Å². The first-order chi connectivity index (χ1) is 17.0. The van der Waals surface area contributed by atoms with Crippen LogP contribution in [0.25, 0.3) is 10.9 Å². The van der Waals surface area contributed by atoms with Gasteiger partial charge < -0.3 is 14.8 Å². The molecule has 1 aliphatic heterocycles. The first-order valence-electron chi connectivity index (χ1n) is 11.9. The highest BCUT2D eigenvalue weighted by molar-refractivity contribution is 6.06. The van der Waals surface area contributed by atoms with E-state index < -0.39 is 24.5 Å². The molecule has 0 radical (unpaired) electrons. The number of pyridine rings is 1. The number of aromatic nitrogens is 1. The molecule has 3 aromatic rings. The quantitative estimate of drug-likeness (QED) is 0.492. The number of carbonyl (C=O) groups is 3. The molecular weight excluding hydrogens is 446 g/mol. The van der Waals surface area contributed by atoms with Crippen LogP contribution in [-0.2, 0) is 27.2 Å². The van der Waals surface area contributed by atoms with Crippen LogP contribution >= 0.6 is 0 Å². The summed E-state index contributed by atoms with van der Waals surface area (Å²) in [6, 6.07) is 13.8. The van der Waals surface area contributed by atoms with Crippen LogP contribution in [0.3, 0.4) is 0 Å². The van der Waals surface area contributed by atoms with Crippen molar-refractivity contribution in [3.63, 3.8) is 0 Å². The van der Waals surface area contributed by atoms with E-state index in [1.54, 1.807) is 31.2 Å². The number of rotatable bonds is 8. The minimum Gasteiger partial charge on any atom is -0.462 e. The Morgan fingerprint density at radius 1 is 1.00 bits per heavy atom. The van der Waals surface area contributed by atoms with Crippen LogP contribution in [0, 0.1) is 0 Å². The summed E-state index contributed by atoms with van der Waals surface area (Å²) in [7, 11) is 0. The zero-order valence-electron chi connectivity index (χ0n) is 20.0. The van der Waals surface area contributed by atoms with Gasteiger partial charge in [-0.1, -0.05) is 25.1 Å². The van der Waals surface area contributed by atoms with Crippen LogP contribution < -0.4 is 5.32 Å². The molecule has 0 unspecified atom stereocenters. The molecule has 0 aliphatic carbocycles. The number of carbonyl (C=O) groups excluding carboxylic acids is 3. The van der Waals surface area contributed by atoms with Crippen molar-refractivity contribution in [2.24, 2.45) is 0 Å². The molecule has 8 heteroatoms. The Kier molecular flexibility index (Phi) is 7.72. The van der Waals surface area contributed by atoms with Gasteiger partial charge in [-0.05, 0) is 50.2 Å². The summed E-state index contributed by atoms with van der Waals surface area (Å²) < 4.78 is 10.4. The molecule has 182 valence electrons. The zero-order valence-corrected chi connectivity index (χ0v) is 20.0. The number of anilines is 1. The summed E-state index contributed by atoms with van der Waals surface area (Å²) in [5.74, 6) is -1.43. The number of amides is 1. The Labute approximate surface area is 204 Å². The number of nitrogens with zero attached hydrogens (tertiary/aromatic N) is 2. The second-order valence-corrected chi connectivity index (χ2v) is 8.38. The smallest absolute Gasteiger partial charge is 0.339 e. The molecule has 0 fully saturated rings. The number of nitrogens with one attached hydrogen (secondary N) is 1. The molecule has 8 nitrogen and oxygen atoms in total. The van der Waals surface area contributed by atoms with Crippen LogP contribution in [0.2, 0.25) is 0 Å². The van der Waals surface area contributed by atoms with Crippen molar-refractivity contribution in [3.05, 3.63) is 70.9 Å². The van der Waals surface area contributed by atoms with E-state index in [9.17, 15) is 14.4 Å². The fourth-order valence-corrected chi connectivity index (χ4v) is 4.29. The Bertz CT molecular complexity index is 1240. The zero-order chi connectivity index (χ0) is 24.8. The van der Waals surface area contributed by atoms with Crippen molar-refractivity contribution in [1.82, 2.24) is 9.88 Å². The van der Waals surface area contributed by atoms with Crippen molar-refractivity contribution in [2.45, 2.75) is 33.2 Å². The Morgan fingerprint density at radius 2 is 1.77 bits per heavy atom. The van der Waals surface area contributed by atoms with Crippen LogP contribution in [0.15, 0.2) is 48.5 Å². The lowest BCUT2D eigenvalue weighted by Crippen LogP contribution is -2.33. The average molecular weight is 476 g/mol. The second-order valence-electron chi connectivity index (χ2n) is 8.38. The molecule has 2 heterocycles. The lowest BCUT2D eigenvalue weighted by atomic mass is 9.95. The minimum absolute atomic E-state index is 0.287. The van der Waals surface area contributed by atoms with E-state index in [0.29, 0.717) is 23.4 Å². The van der Waals surface area contributed by atoms with Crippen molar-refractivity contribution in [3.8, 4) is 0 Å². The standard InChI is InChI=1S/C27H29N3O5/c1-3-14-30-15-13-23-21(16-30)25(20-7-5-6-8-22(20)29-23)27(33)35-17-24(31)28-19-11-9-18(10-12-19)26(32)34-4-2/h5-12H,3-4,13-17H2,1-2H3,(H,28,31). The highest BCUT2D eigenvalue weighted by Gasteiger charge is 2.26. The Morgan fingerprint density at radius 3 is 2.51 bits per heavy atom. The molecule has 0 saturated heterocycles. The number of hydrogen-bond donors (Lipinski definition) is 1. The third kappa shape index (κ3) is 5.66. The van der Waals surface area contributed by atoms with Crippen LogP contribution in [0.1, 0.15) is 52.2 Å². The topological polar surface area (TPSA) is 97.8 Å². The van der Waals surface area contributed by atoms with Crippen molar-refractivity contribution < 1.29 is 23.9 Å². The second kappa shape index (κ2) is 11.1. The number of esters is 2. The monoisotopic (exact) mass is 475 g/mol. The predicted octanol–water partition coefficient (Wildman–Crippen LogP) is 3.98. The molecule has 0 spiro atoms. The third-order valence-electron chi connectivity index (χ3n) is 5.88. The summed E-state index contributed by atoms with van der Waals surface area (Å²) in [5.41, 5.74) is 3.90. The normalized spacial score (nSPS) is 13.2. The van der Waals surface area contributed by atoms with Gasteiger partial charge >= 0.3 is 11.9 Å².